The number of aromatic nitrogens is 5. The maximum Gasteiger partial charge on any atom is 0.282 e. The average Bonchev–Trinajstić information content (AvgIpc) is 3.28. The van der Waals surface area contributed by atoms with Crippen molar-refractivity contribution >= 4 is 21.9 Å². The highest BCUT2D eigenvalue weighted by Gasteiger charge is 2.20. The molecule has 0 aliphatic rings. The molecule has 10 heteroatoms. The minimum absolute atomic E-state index is 0.0719. The van der Waals surface area contributed by atoms with Crippen LogP contribution in [0.2, 0.25) is 0 Å². The third-order valence-corrected chi connectivity index (χ3v) is 5.74. The van der Waals surface area contributed by atoms with Gasteiger partial charge in [-0.25, -0.2) is 13.5 Å². The SMILES string of the molecule is COCCOc1cnc2c(C(C)n3nnc4ccn(-c5cc(F)cc(F)c5)c(=O)c43)cccc2c1. The summed E-state index contributed by atoms with van der Waals surface area (Å²) in [5, 5.41) is 9.21. The highest BCUT2D eigenvalue weighted by molar-refractivity contribution is 5.83. The zero-order chi connectivity index (χ0) is 24.5. The van der Waals surface area contributed by atoms with Crippen molar-refractivity contribution in [1.82, 2.24) is 24.5 Å². The number of fused-ring (bicyclic) bond motifs is 2. The molecule has 178 valence electrons. The average molecular weight is 477 g/mol. The van der Waals surface area contributed by atoms with Gasteiger partial charge in [-0.2, -0.15) is 0 Å². The molecule has 0 aliphatic carbocycles. The molecule has 3 heterocycles. The first-order valence-electron chi connectivity index (χ1n) is 10.9. The van der Waals surface area contributed by atoms with E-state index in [0.29, 0.717) is 24.5 Å². The number of benzene rings is 2. The molecular formula is C25H21F2N5O3. The molecule has 0 radical (unpaired) electrons. The van der Waals surface area contributed by atoms with Crippen molar-refractivity contribution in [3.8, 4) is 11.4 Å². The Hall–Kier alpha value is -4.18. The minimum Gasteiger partial charge on any atom is -0.490 e. The molecular weight excluding hydrogens is 456 g/mol. The summed E-state index contributed by atoms with van der Waals surface area (Å²) in [7, 11) is 1.61. The van der Waals surface area contributed by atoms with E-state index in [4.69, 9.17) is 9.47 Å². The molecule has 5 rings (SSSR count). The van der Waals surface area contributed by atoms with Crippen molar-refractivity contribution in [1.29, 1.82) is 0 Å². The monoisotopic (exact) mass is 477 g/mol. The number of pyridine rings is 2. The lowest BCUT2D eigenvalue weighted by Gasteiger charge is -2.16. The van der Waals surface area contributed by atoms with E-state index in [1.807, 2.05) is 31.2 Å². The number of hydrogen-bond donors (Lipinski definition) is 0. The van der Waals surface area contributed by atoms with E-state index in [9.17, 15) is 13.6 Å². The van der Waals surface area contributed by atoms with E-state index < -0.39 is 23.2 Å². The third-order valence-electron chi connectivity index (χ3n) is 5.74. The van der Waals surface area contributed by atoms with E-state index in [1.54, 1.807) is 19.4 Å². The van der Waals surface area contributed by atoms with Crippen LogP contribution in [0.15, 0.2) is 65.7 Å². The summed E-state index contributed by atoms with van der Waals surface area (Å²) in [5.74, 6) is -0.936. The first kappa shape index (κ1) is 22.6. The third kappa shape index (κ3) is 4.24. The Balaban J connectivity index is 1.58. The Labute approximate surface area is 198 Å². The van der Waals surface area contributed by atoms with E-state index >= 15 is 0 Å². The molecule has 0 bridgehead atoms. The molecule has 3 aromatic heterocycles. The number of para-hydroxylation sites is 1. The van der Waals surface area contributed by atoms with Crippen molar-refractivity contribution in [2.45, 2.75) is 13.0 Å². The lowest BCUT2D eigenvalue weighted by atomic mass is 10.0. The highest BCUT2D eigenvalue weighted by Crippen LogP contribution is 2.28. The minimum atomic E-state index is -0.778. The maximum absolute atomic E-state index is 13.8. The summed E-state index contributed by atoms with van der Waals surface area (Å²) in [6, 6.07) is 11.7. The molecule has 8 nitrogen and oxygen atoms in total. The summed E-state index contributed by atoms with van der Waals surface area (Å²) in [6.45, 7) is 2.76. The first-order valence-corrected chi connectivity index (χ1v) is 10.9. The van der Waals surface area contributed by atoms with Crippen LogP contribution in [-0.2, 0) is 4.74 Å². The smallest absolute Gasteiger partial charge is 0.282 e. The van der Waals surface area contributed by atoms with Crippen LogP contribution in [0.3, 0.4) is 0 Å². The summed E-state index contributed by atoms with van der Waals surface area (Å²) in [5.41, 5.74) is 1.71. The van der Waals surface area contributed by atoms with Gasteiger partial charge in [0.05, 0.1) is 30.0 Å². The van der Waals surface area contributed by atoms with Crippen molar-refractivity contribution in [2.75, 3.05) is 20.3 Å². The van der Waals surface area contributed by atoms with Gasteiger partial charge in [0.1, 0.15) is 29.5 Å². The number of ether oxygens (including phenoxy) is 2. The van der Waals surface area contributed by atoms with Crippen molar-refractivity contribution in [3.05, 3.63) is 88.5 Å². The predicted molar refractivity (Wildman–Crippen MR) is 126 cm³/mol. The highest BCUT2D eigenvalue weighted by atomic mass is 19.1. The standard InChI is InChI=1S/C25H21F2N5O3/c1-15(21-5-3-4-16-10-20(14-28-23(16)21)35-9-8-34-2)32-24-22(29-30-32)6-7-31(25(24)33)19-12-17(26)11-18(27)13-19/h3-7,10-15H,8-9H2,1-2H3. The number of hydrogen-bond acceptors (Lipinski definition) is 6. The first-order chi connectivity index (χ1) is 17.0. The fourth-order valence-corrected chi connectivity index (χ4v) is 4.06. The molecule has 0 saturated heterocycles. The summed E-state index contributed by atoms with van der Waals surface area (Å²) < 4.78 is 40.9. The molecule has 1 unspecified atom stereocenters. The van der Waals surface area contributed by atoms with Gasteiger partial charge in [-0.3, -0.25) is 14.3 Å². The summed E-state index contributed by atoms with van der Waals surface area (Å²) in [6.07, 6.45) is 3.06. The molecule has 0 N–H and O–H groups in total. The number of nitrogens with zero attached hydrogens (tertiary/aromatic N) is 5. The van der Waals surface area contributed by atoms with E-state index in [0.717, 1.165) is 34.7 Å². The van der Waals surface area contributed by atoms with Crippen LogP contribution >= 0.6 is 0 Å². The Bertz CT molecular complexity index is 1580. The lowest BCUT2D eigenvalue weighted by Crippen LogP contribution is -2.22. The van der Waals surface area contributed by atoms with Gasteiger partial charge < -0.3 is 9.47 Å². The van der Waals surface area contributed by atoms with Crippen LogP contribution in [0.1, 0.15) is 18.5 Å². The Morgan fingerprint density at radius 1 is 1.06 bits per heavy atom. The van der Waals surface area contributed by atoms with Gasteiger partial charge >= 0.3 is 0 Å². The Morgan fingerprint density at radius 2 is 1.86 bits per heavy atom. The zero-order valence-electron chi connectivity index (χ0n) is 19.0. The van der Waals surface area contributed by atoms with Gasteiger partial charge in [0.25, 0.3) is 5.56 Å². The topological polar surface area (TPSA) is 84.1 Å². The van der Waals surface area contributed by atoms with Crippen LogP contribution in [-0.4, -0.2) is 44.9 Å². The van der Waals surface area contributed by atoms with Gasteiger partial charge in [-0.1, -0.05) is 23.4 Å². The summed E-state index contributed by atoms with van der Waals surface area (Å²) >= 11 is 0. The van der Waals surface area contributed by atoms with Crippen molar-refractivity contribution < 1.29 is 18.3 Å². The second kappa shape index (κ2) is 9.22. The van der Waals surface area contributed by atoms with Crippen LogP contribution in [0.4, 0.5) is 8.78 Å². The second-order valence-corrected chi connectivity index (χ2v) is 7.99. The predicted octanol–water partition coefficient (Wildman–Crippen LogP) is 4.04. The number of rotatable bonds is 7. The Kier molecular flexibility index (Phi) is 5.96. The van der Waals surface area contributed by atoms with Crippen LogP contribution in [0, 0.1) is 11.6 Å². The number of methoxy groups -OCH3 is 1. The van der Waals surface area contributed by atoms with E-state index in [-0.39, 0.29) is 11.2 Å². The van der Waals surface area contributed by atoms with Crippen LogP contribution in [0.25, 0.3) is 27.6 Å². The molecule has 2 aromatic carbocycles. The largest absolute Gasteiger partial charge is 0.490 e. The van der Waals surface area contributed by atoms with Gasteiger partial charge in [0.15, 0.2) is 5.52 Å². The maximum atomic E-state index is 13.8. The lowest BCUT2D eigenvalue weighted by molar-refractivity contribution is 0.146. The number of halogens is 2. The summed E-state index contributed by atoms with van der Waals surface area (Å²) in [4.78, 5) is 18.0. The van der Waals surface area contributed by atoms with E-state index in [2.05, 4.69) is 15.3 Å². The molecule has 1 atom stereocenters. The second-order valence-electron chi connectivity index (χ2n) is 7.99. The quantitative estimate of drug-likeness (QED) is 0.329. The van der Waals surface area contributed by atoms with Gasteiger partial charge in [0.2, 0.25) is 0 Å². The van der Waals surface area contributed by atoms with Gasteiger partial charge in [-0.05, 0) is 31.2 Å². The fourth-order valence-electron chi connectivity index (χ4n) is 4.06. The van der Waals surface area contributed by atoms with E-state index in [1.165, 1.54) is 15.4 Å². The van der Waals surface area contributed by atoms with Crippen LogP contribution in [0.5, 0.6) is 5.75 Å². The molecule has 35 heavy (non-hydrogen) atoms. The molecule has 5 aromatic rings. The van der Waals surface area contributed by atoms with Crippen LogP contribution < -0.4 is 10.3 Å². The molecule has 0 spiro atoms. The molecule has 0 fully saturated rings. The molecule has 0 saturated carbocycles. The van der Waals surface area contributed by atoms with Crippen molar-refractivity contribution in [2.24, 2.45) is 0 Å². The normalized spacial score (nSPS) is 12.3. The zero-order valence-corrected chi connectivity index (χ0v) is 19.0. The van der Waals surface area contributed by atoms with Gasteiger partial charge in [-0.15, -0.1) is 5.10 Å². The van der Waals surface area contributed by atoms with Gasteiger partial charge in [0, 0.05) is 30.3 Å². The Morgan fingerprint density at radius 3 is 2.63 bits per heavy atom. The molecule has 0 aliphatic heterocycles. The fraction of sp³-hybridized carbons (Fsp3) is 0.200. The van der Waals surface area contributed by atoms with Crippen molar-refractivity contribution in [3.63, 3.8) is 0 Å². The molecule has 0 amide bonds.